The van der Waals surface area contributed by atoms with Crippen molar-refractivity contribution in [2.75, 3.05) is 18.0 Å². The molecule has 1 saturated heterocycles. The molecule has 3 heteroatoms. The Kier molecular flexibility index (Phi) is 4.26. The molecule has 0 N–H and O–H groups in total. The number of nitrogens with zero attached hydrogens (tertiary/aromatic N) is 2. The van der Waals surface area contributed by atoms with Crippen LogP contribution in [-0.4, -0.2) is 13.1 Å². The van der Waals surface area contributed by atoms with Gasteiger partial charge in [-0.1, -0.05) is 30.3 Å². The van der Waals surface area contributed by atoms with Gasteiger partial charge in [0.2, 0.25) is 0 Å². The van der Waals surface area contributed by atoms with Gasteiger partial charge >= 0.3 is 0 Å². The molecule has 0 spiro atoms. The lowest BCUT2D eigenvalue weighted by Crippen LogP contribution is -2.32. The van der Waals surface area contributed by atoms with Gasteiger partial charge in [-0.2, -0.15) is 5.26 Å². The Balaban J connectivity index is 1.69. The lowest BCUT2D eigenvalue weighted by atomic mass is 9.89. The molecule has 21 heavy (non-hydrogen) atoms. The van der Waals surface area contributed by atoms with Crippen LogP contribution in [0, 0.1) is 11.3 Å². The quantitative estimate of drug-likeness (QED) is 0.791. The summed E-state index contributed by atoms with van der Waals surface area (Å²) >= 11 is 3.47. The number of benzene rings is 2. The summed E-state index contributed by atoms with van der Waals surface area (Å²) in [4.78, 5) is 2.41. The minimum atomic E-state index is 0.671. The van der Waals surface area contributed by atoms with Crippen LogP contribution in [0.2, 0.25) is 0 Å². The monoisotopic (exact) mass is 340 g/mol. The molecule has 0 unspecified atom stereocenters. The van der Waals surface area contributed by atoms with Crippen LogP contribution < -0.4 is 4.90 Å². The van der Waals surface area contributed by atoms with E-state index in [1.165, 1.54) is 24.1 Å². The van der Waals surface area contributed by atoms with Gasteiger partial charge in [0.15, 0.2) is 0 Å². The first kappa shape index (κ1) is 14.2. The minimum Gasteiger partial charge on any atom is -0.371 e. The van der Waals surface area contributed by atoms with E-state index in [-0.39, 0.29) is 0 Å². The molecule has 3 rings (SSSR count). The number of hydrogen-bond acceptors (Lipinski definition) is 2. The number of hydrogen-bond donors (Lipinski definition) is 0. The van der Waals surface area contributed by atoms with E-state index in [9.17, 15) is 0 Å². The Hall–Kier alpha value is -1.79. The molecule has 1 aliphatic heterocycles. The molecule has 0 radical (unpaired) electrons. The standard InChI is InChI=1S/C18H17BrN2/c19-18-12-17(7-6-16(18)13-20)21-10-8-15(9-11-21)14-4-2-1-3-5-14/h1-7,12,15H,8-11H2. The third-order valence-corrected chi connectivity index (χ3v) is 4.86. The first-order chi connectivity index (χ1) is 10.3. The molecule has 1 fully saturated rings. The van der Waals surface area contributed by atoms with E-state index in [4.69, 9.17) is 5.26 Å². The summed E-state index contributed by atoms with van der Waals surface area (Å²) in [5, 5.41) is 8.99. The molecule has 0 aliphatic carbocycles. The molecule has 0 amide bonds. The lowest BCUT2D eigenvalue weighted by molar-refractivity contribution is 0.505. The molecule has 1 heterocycles. The first-order valence-electron chi connectivity index (χ1n) is 7.27. The van der Waals surface area contributed by atoms with E-state index in [0.717, 1.165) is 17.6 Å². The SMILES string of the molecule is N#Cc1ccc(N2CCC(c3ccccc3)CC2)cc1Br. The molecule has 0 aromatic heterocycles. The number of nitriles is 1. The lowest BCUT2D eigenvalue weighted by Gasteiger charge is -2.34. The molecule has 106 valence electrons. The van der Waals surface area contributed by atoms with Crippen LogP contribution in [0.4, 0.5) is 5.69 Å². The Labute approximate surface area is 134 Å². The fraction of sp³-hybridized carbons (Fsp3) is 0.278. The molecule has 0 atom stereocenters. The highest BCUT2D eigenvalue weighted by Crippen LogP contribution is 2.31. The van der Waals surface area contributed by atoms with Gasteiger partial charge < -0.3 is 4.90 Å². The van der Waals surface area contributed by atoms with Gasteiger partial charge in [0.25, 0.3) is 0 Å². The van der Waals surface area contributed by atoms with Crippen molar-refractivity contribution in [2.24, 2.45) is 0 Å². The Morgan fingerprint density at radius 1 is 1.05 bits per heavy atom. The smallest absolute Gasteiger partial charge is 0.100 e. The van der Waals surface area contributed by atoms with Gasteiger partial charge in [-0.15, -0.1) is 0 Å². The maximum atomic E-state index is 8.99. The van der Waals surface area contributed by atoms with Crippen LogP contribution in [0.5, 0.6) is 0 Å². The predicted octanol–water partition coefficient (Wildman–Crippen LogP) is 4.70. The van der Waals surface area contributed by atoms with Crippen LogP contribution in [0.15, 0.2) is 53.0 Å². The highest BCUT2D eigenvalue weighted by Gasteiger charge is 2.20. The maximum absolute atomic E-state index is 8.99. The maximum Gasteiger partial charge on any atom is 0.100 e. The van der Waals surface area contributed by atoms with E-state index in [2.05, 4.69) is 63.3 Å². The highest BCUT2D eigenvalue weighted by atomic mass is 79.9. The van der Waals surface area contributed by atoms with Gasteiger partial charge in [-0.3, -0.25) is 0 Å². The zero-order valence-electron chi connectivity index (χ0n) is 11.8. The summed E-state index contributed by atoms with van der Waals surface area (Å²) < 4.78 is 0.882. The van der Waals surface area contributed by atoms with Crippen molar-refractivity contribution in [1.29, 1.82) is 5.26 Å². The Morgan fingerprint density at radius 3 is 2.38 bits per heavy atom. The third-order valence-electron chi connectivity index (χ3n) is 4.20. The fourth-order valence-corrected chi connectivity index (χ4v) is 3.44. The molecule has 0 bridgehead atoms. The number of halogens is 1. The van der Waals surface area contributed by atoms with E-state index < -0.39 is 0 Å². The van der Waals surface area contributed by atoms with Gasteiger partial charge in [0.05, 0.1) is 5.56 Å². The van der Waals surface area contributed by atoms with Crippen LogP contribution in [0.1, 0.15) is 29.9 Å². The molecule has 2 nitrogen and oxygen atoms in total. The van der Waals surface area contributed by atoms with E-state index >= 15 is 0 Å². The van der Waals surface area contributed by atoms with Crippen LogP contribution in [-0.2, 0) is 0 Å². The summed E-state index contributed by atoms with van der Waals surface area (Å²) in [5.41, 5.74) is 3.35. The largest absolute Gasteiger partial charge is 0.371 e. The number of anilines is 1. The van der Waals surface area contributed by atoms with Gasteiger partial charge in [0.1, 0.15) is 6.07 Å². The van der Waals surface area contributed by atoms with Crippen molar-refractivity contribution < 1.29 is 0 Å². The first-order valence-corrected chi connectivity index (χ1v) is 8.07. The molecular weight excluding hydrogens is 324 g/mol. The van der Waals surface area contributed by atoms with E-state index in [1.54, 1.807) is 0 Å². The van der Waals surface area contributed by atoms with E-state index in [0.29, 0.717) is 11.5 Å². The van der Waals surface area contributed by atoms with Crippen molar-refractivity contribution in [3.63, 3.8) is 0 Å². The van der Waals surface area contributed by atoms with Gasteiger partial charge in [-0.05, 0) is 58.5 Å². The van der Waals surface area contributed by atoms with Crippen molar-refractivity contribution >= 4 is 21.6 Å². The second kappa shape index (κ2) is 6.32. The molecule has 2 aromatic carbocycles. The van der Waals surface area contributed by atoms with Gasteiger partial charge in [-0.25, -0.2) is 0 Å². The molecular formula is C18H17BrN2. The van der Waals surface area contributed by atoms with Crippen LogP contribution in [0.25, 0.3) is 0 Å². The summed E-state index contributed by atoms with van der Waals surface area (Å²) in [7, 11) is 0. The van der Waals surface area contributed by atoms with Crippen LogP contribution in [0.3, 0.4) is 0 Å². The normalized spacial score (nSPS) is 15.7. The third kappa shape index (κ3) is 3.11. The second-order valence-electron chi connectivity index (χ2n) is 5.45. The summed E-state index contributed by atoms with van der Waals surface area (Å²) in [6.07, 6.45) is 2.36. The second-order valence-corrected chi connectivity index (χ2v) is 6.30. The Morgan fingerprint density at radius 2 is 1.76 bits per heavy atom. The molecule has 0 saturated carbocycles. The van der Waals surface area contributed by atoms with Crippen molar-refractivity contribution in [3.8, 4) is 6.07 Å². The highest BCUT2D eigenvalue weighted by molar-refractivity contribution is 9.10. The number of rotatable bonds is 2. The average molecular weight is 341 g/mol. The zero-order chi connectivity index (χ0) is 14.7. The summed E-state index contributed by atoms with van der Waals surface area (Å²) in [6.45, 7) is 2.13. The molecule has 1 aliphatic rings. The van der Waals surface area contributed by atoms with E-state index in [1.807, 2.05) is 12.1 Å². The van der Waals surface area contributed by atoms with Crippen molar-refractivity contribution in [3.05, 3.63) is 64.1 Å². The summed E-state index contributed by atoms with van der Waals surface area (Å²) in [6, 6.07) is 19.0. The Bertz CT molecular complexity index is 653. The molecule has 2 aromatic rings. The fourth-order valence-electron chi connectivity index (χ4n) is 2.99. The van der Waals surface area contributed by atoms with Crippen molar-refractivity contribution in [1.82, 2.24) is 0 Å². The number of piperidine rings is 1. The topological polar surface area (TPSA) is 27.0 Å². The summed E-state index contributed by atoms with van der Waals surface area (Å²) in [5.74, 6) is 0.671. The van der Waals surface area contributed by atoms with Crippen molar-refractivity contribution in [2.45, 2.75) is 18.8 Å². The predicted molar refractivity (Wildman–Crippen MR) is 89.5 cm³/mol. The average Bonchev–Trinajstić information content (AvgIpc) is 2.56. The zero-order valence-corrected chi connectivity index (χ0v) is 13.4. The minimum absolute atomic E-state index is 0.671. The van der Waals surface area contributed by atoms with Crippen LogP contribution >= 0.6 is 15.9 Å². The van der Waals surface area contributed by atoms with Gasteiger partial charge in [0, 0.05) is 23.2 Å².